The van der Waals surface area contributed by atoms with Crippen molar-refractivity contribution in [3.8, 4) is 0 Å². The van der Waals surface area contributed by atoms with Crippen LogP contribution in [-0.2, 0) is 14.3 Å². The average Bonchev–Trinajstić information content (AvgIpc) is 2.83. The van der Waals surface area contributed by atoms with Crippen LogP contribution in [0.25, 0.3) is 0 Å². The number of fused-ring (bicyclic) bond motifs is 1. The summed E-state index contributed by atoms with van der Waals surface area (Å²) in [5.74, 6) is 0.194. The highest BCUT2D eigenvalue weighted by Gasteiger charge is 2.48. The Kier molecular flexibility index (Phi) is 9.10. The van der Waals surface area contributed by atoms with Gasteiger partial charge in [-0.15, -0.1) is 0 Å². The van der Waals surface area contributed by atoms with Crippen molar-refractivity contribution in [3.63, 3.8) is 0 Å². The van der Waals surface area contributed by atoms with Gasteiger partial charge in [-0.3, -0.25) is 13.9 Å². The van der Waals surface area contributed by atoms with E-state index in [9.17, 15) is 9.59 Å². The molecule has 3 atom stereocenters. The van der Waals surface area contributed by atoms with Gasteiger partial charge in [-0.2, -0.15) is 0 Å². The standard InChI is InChI=1S/C10H15NO3S.2C2H6/c1-6(12)9-8-4-3-5-14-10(8)15-11(9)7(2)13;2*1-2/h8-10H,3-5H2,1-2H3;2*1-2H3. The predicted molar refractivity (Wildman–Crippen MR) is 79.7 cm³/mol. The molecule has 112 valence electrons. The maximum absolute atomic E-state index is 11.6. The molecule has 2 aliphatic heterocycles. The number of amides is 1. The molecular weight excluding hydrogens is 262 g/mol. The van der Waals surface area contributed by atoms with Gasteiger partial charge in [0, 0.05) is 19.4 Å². The van der Waals surface area contributed by atoms with Crippen molar-refractivity contribution in [2.45, 2.75) is 65.9 Å². The van der Waals surface area contributed by atoms with Crippen molar-refractivity contribution in [3.05, 3.63) is 0 Å². The van der Waals surface area contributed by atoms with Crippen LogP contribution in [0.4, 0.5) is 0 Å². The Bertz CT molecular complexity index is 296. The summed E-state index contributed by atoms with van der Waals surface area (Å²) in [7, 11) is 0. The van der Waals surface area contributed by atoms with E-state index in [0.29, 0.717) is 0 Å². The van der Waals surface area contributed by atoms with Gasteiger partial charge in [-0.05, 0) is 31.7 Å². The summed E-state index contributed by atoms with van der Waals surface area (Å²) < 4.78 is 7.17. The zero-order valence-electron chi connectivity index (χ0n) is 12.9. The molecule has 1 amide bonds. The monoisotopic (exact) mass is 289 g/mol. The van der Waals surface area contributed by atoms with Crippen LogP contribution in [-0.4, -0.2) is 34.1 Å². The first-order chi connectivity index (χ1) is 9.11. The molecule has 0 aromatic carbocycles. The number of rotatable bonds is 1. The smallest absolute Gasteiger partial charge is 0.230 e. The Balaban J connectivity index is 0.000000741. The third kappa shape index (κ3) is 4.49. The first-order valence-electron chi connectivity index (χ1n) is 7.20. The highest BCUT2D eigenvalue weighted by atomic mass is 32.2. The fourth-order valence-electron chi connectivity index (χ4n) is 2.28. The lowest BCUT2D eigenvalue weighted by atomic mass is 9.91. The maximum atomic E-state index is 11.6. The van der Waals surface area contributed by atoms with E-state index in [1.807, 2.05) is 27.7 Å². The number of carbonyl (C=O) groups is 2. The fourth-order valence-corrected chi connectivity index (χ4v) is 3.69. The molecule has 2 fully saturated rings. The molecule has 3 unspecified atom stereocenters. The minimum Gasteiger partial charge on any atom is -0.365 e. The zero-order valence-corrected chi connectivity index (χ0v) is 13.8. The molecule has 0 radical (unpaired) electrons. The van der Waals surface area contributed by atoms with Crippen molar-refractivity contribution in [2.75, 3.05) is 6.61 Å². The molecule has 4 nitrogen and oxygen atoms in total. The molecule has 0 N–H and O–H groups in total. The SMILES string of the molecule is CC.CC.CC(=O)C1C2CCCOC2SN1C(C)=O. The molecule has 2 rings (SSSR count). The van der Waals surface area contributed by atoms with Gasteiger partial charge in [-0.25, -0.2) is 0 Å². The number of ether oxygens (including phenoxy) is 1. The van der Waals surface area contributed by atoms with Gasteiger partial charge in [0.25, 0.3) is 0 Å². The van der Waals surface area contributed by atoms with Crippen LogP contribution in [0.15, 0.2) is 0 Å². The summed E-state index contributed by atoms with van der Waals surface area (Å²) in [5.41, 5.74) is -0.00319. The lowest BCUT2D eigenvalue weighted by molar-refractivity contribution is -0.133. The van der Waals surface area contributed by atoms with Crippen molar-refractivity contribution in [1.29, 1.82) is 0 Å². The quantitative estimate of drug-likeness (QED) is 0.695. The van der Waals surface area contributed by atoms with Crippen molar-refractivity contribution in [1.82, 2.24) is 4.31 Å². The highest BCUT2D eigenvalue weighted by Crippen LogP contribution is 2.44. The molecule has 2 aliphatic rings. The summed E-state index contributed by atoms with van der Waals surface area (Å²) in [5, 5.41) is 0. The van der Waals surface area contributed by atoms with Gasteiger partial charge in [0.05, 0.1) is 0 Å². The third-order valence-corrected chi connectivity index (χ3v) is 4.32. The van der Waals surface area contributed by atoms with Gasteiger partial charge in [0.1, 0.15) is 11.5 Å². The van der Waals surface area contributed by atoms with Gasteiger partial charge >= 0.3 is 0 Å². The largest absolute Gasteiger partial charge is 0.365 e. The highest BCUT2D eigenvalue weighted by molar-refractivity contribution is 7.98. The summed E-state index contributed by atoms with van der Waals surface area (Å²) in [4.78, 5) is 23.0. The van der Waals surface area contributed by atoms with Gasteiger partial charge < -0.3 is 4.74 Å². The van der Waals surface area contributed by atoms with Crippen molar-refractivity contribution in [2.24, 2.45) is 5.92 Å². The Morgan fingerprint density at radius 1 is 1.16 bits per heavy atom. The van der Waals surface area contributed by atoms with Gasteiger partial charge in [0.15, 0.2) is 5.78 Å². The number of ketones is 1. The van der Waals surface area contributed by atoms with Crippen LogP contribution in [0, 0.1) is 5.92 Å². The van der Waals surface area contributed by atoms with Crippen LogP contribution in [0.2, 0.25) is 0 Å². The van der Waals surface area contributed by atoms with E-state index in [1.165, 1.54) is 18.9 Å². The topological polar surface area (TPSA) is 46.6 Å². The summed E-state index contributed by atoms with van der Waals surface area (Å²) in [6.45, 7) is 11.8. The summed E-state index contributed by atoms with van der Waals surface area (Å²) in [6.07, 6.45) is 1.96. The molecule has 0 aliphatic carbocycles. The van der Waals surface area contributed by atoms with E-state index in [-0.39, 0.29) is 29.1 Å². The molecule has 0 bridgehead atoms. The second-order valence-corrected chi connectivity index (χ2v) is 5.12. The fraction of sp³-hybridized carbons (Fsp3) is 0.857. The normalized spacial score (nSPS) is 28.3. The number of hydrogen-bond acceptors (Lipinski definition) is 4. The average molecular weight is 289 g/mol. The maximum Gasteiger partial charge on any atom is 0.230 e. The molecule has 2 heterocycles. The minimum atomic E-state index is -0.280. The first-order valence-corrected chi connectivity index (χ1v) is 8.03. The Morgan fingerprint density at radius 3 is 2.21 bits per heavy atom. The molecular formula is C14H27NO3S. The Labute approximate surface area is 121 Å². The number of carbonyl (C=O) groups excluding carboxylic acids is 2. The molecule has 0 aromatic heterocycles. The summed E-state index contributed by atoms with van der Waals surface area (Å²) >= 11 is 1.38. The lowest BCUT2D eigenvalue weighted by Gasteiger charge is -2.26. The summed E-state index contributed by atoms with van der Waals surface area (Å²) in [6, 6.07) is -0.280. The number of Topliss-reactive ketones (excluding diaryl/α,β-unsaturated/α-hetero) is 1. The predicted octanol–water partition coefficient (Wildman–Crippen LogP) is 3.26. The molecule has 0 aromatic rings. The van der Waals surface area contributed by atoms with E-state index in [2.05, 4.69) is 0 Å². The van der Waals surface area contributed by atoms with E-state index in [1.54, 1.807) is 11.2 Å². The number of nitrogens with zero attached hydrogens (tertiary/aromatic N) is 1. The van der Waals surface area contributed by atoms with E-state index in [4.69, 9.17) is 4.74 Å². The molecule has 0 spiro atoms. The van der Waals surface area contributed by atoms with E-state index in [0.717, 1.165) is 19.4 Å². The Morgan fingerprint density at radius 2 is 1.74 bits per heavy atom. The van der Waals surface area contributed by atoms with Gasteiger partial charge in [-0.1, -0.05) is 27.7 Å². The molecule has 2 saturated heterocycles. The van der Waals surface area contributed by atoms with Crippen LogP contribution >= 0.6 is 11.9 Å². The third-order valence-electron chi connectivity index (χ3n) is 2.92. The van der Waals surface area contributed by atoms with E-state index >= 15 is 0 Å². The van der Waals surface area contributed by atoms with Gasteiger partial charge in [0.2, 0.25) is 5.91 Å². The minimum absolute atomic E-state index is 0.00319. The molecule has 19 heavy (non-hydrogen) atoms. The van der Waals surface area contributed by atoms with Crippen LogP contribution in [0.5, 0.6) is 0 Å². The first kappa shape index (κ1) is 18.4. The van der Waals surface area contributed by atoms with Crippen LogP contribution in [0.3, 0.4) is 0 Å². The lowest BCUT2D eigenvalue weighted by Crippen LogP contribution is -2.40. The molecule has 0 saturated carbocycles. The van der Waals surface area contributed by atoms with Crippen LogP contribution < -0.4 is 0 Å². The molecule has 5 heteroatoms. The second-order valence-electron chi connectivity index (χ2n) is 4.05. The Hall–Kier alpha value is -0.550. The van der Waals surface area contributed by atoms with E-state index < -0.39 is 0 Å². The van der Waals surface area contributed by atoms with Crippen molar-refractivity contribution >= 4 is 23.6 Å². The number of hydrogen-bond donors (Lipinski definition) is 0. The second kappa shape index (κ2) is 9.37. The van der Waals surface area contributed by atoms with Crippen LogP contribution in [0.1, 0.15) is 54.4 Å². The zero-order chi connectivity index (χ0) is 15.0. The van der Waals surface area contributed by atoms with Crippen molar-refractivity contribution < 1.29 is 14.3 Å².